The largest absolute Gasteiger partial charge is 0.478 e. The quantitative estimate of drug-likeness (QED) is 0.507. The molecule has 0 unspecified atom stereocenters. The molecule has 0 aliphatic heterocycles. The van der Waals surface area contributed by atoms with Gasteiger partial charge in [0.05, 0.1) is 11.3 Å². The minimum absolute atomic E-state index is 0.420. The molecular formula is C11H14N2O2. The summed E-state index contributed by atoms with van der Waals surface area (Å²) in [6, 6.07) is 3.37. The molecule has 1 aromatic rings. The van der Waals surface area contributed by atoms with Crippen LogP contribution in [0, 0.1) is 0 Å². The number of benzene rings is 1. The zero-order chi connectivity index (χ0) is 10.8. The average molecular weight is 206 g/mol. The third-order valence-corrected chi connectivity index (χ3v) is 2.92. The van der Waals surface area contributed by atoms with Gasteiger partial charge in [0.2, 0.25) is 0 Å². The molecule has 0 heterocycles. The maximum atomic E-state index is 11.0. The molecule has 0 amide bonds. The molecule has 0 saturated carbocycles. The van der Waals surface area contributed by atoms with E-state index >= 15 is 0 Å². The zero-order valence-electron chi connectivity index (χ0n) is 8.42. The number of anilines is 1. The number of aromatic carboxylic acids is 1. The molecule has 0 aromatic heterocycles. The third-order valence-electron chi connectivity index (χ3n) is 2.92. The van der Waals surface area contributed by atoms with Crippen LogP contribution in [0.3, 0.4) is 0 Å². The van der Waals surface area contributed by atoms with Gasteiger partial charge in [-0.25, -0.2) is 4.79 Å². The number of hydrogen-bond acceptors (Lipinski definition) is 3. The van der Waals surface area contributed by atoms with Gasteiger partial charge in [-0.1, -0.05) is 0 Å². The SMILES string of the molecule is NNc1ccc(C(=O)O)c2c1CCCC2. The molecule has 4 heteroatoms. The highest BCUT2D eigenvalue weighted by Gasteiger charge is 2.19. The summed E-state index contributed by atoms with van der Waals surface area (Å²) >= 11 is 0. The zero-order valence-corrected chi connectivity index (χ0v) is 8.42. The van der Waals surface area contributed by atoms with Gasteiger partial charge >= 0.3 is 5.97 Å². The van der Waals surface area contributed by atoms with E-state index in [-0.39, 0.29) is 0 Å². The molecule has 80 valence electrons. The fourth-order valence-electron chi connectivity index (χ4n) is 2.20. The third kappa shape index (κ3) is 1.68. The van der Waals surface area contributed by atoms with Crippen molar-refractivity contribution in [3.63, 3.8) is 0 Å². The van der Waals surface area contributed by atoms with E-state index in [2.05, 4.69) is 5.43 Å². The van der Waals surface area contributed by atoms with Crippen molar-refractivity contribution in [2.45, 2.75) is 25.7 Å². The van der Waals surface area contributed by atoms with Crippen LogP contribution in [-0.2, 0) is 12.8 Å². The second-order valence-electron chi connectivity index (χ2n) is 3.77. The van der Waals surface area contributed by atoms with Crippen LogP contribution in [0.5, 0.6) is 0 Å². The maximum absolute atomic E-state index is 11.0. The Morgan fingerprint density at radius 3 is 2.53 bits per heavy atom. The molecule has 15 heavy (non-hydrogen) atoms. The Balaban J connectivity index is 2.57. The Hall–Kier alpha value is -1.55. The molecule has 0 saturated heterocycles. The number of nitrogens with one attached hydrogen (secondary N) is 1. The highest BCUT2D eigenvalue weighted by Crippen LogP contribution is 2.30. The second-order valence-corrected chi connectivity index (χ2v) is 3.77. The predicted molar refractivity (Wildman–Crippen MR) is 57.9 cm³/mol. The second kappa shape index (κ2) is 3.90. The summed E-state index contributed by atoms with van der Waals surface area (Å²) in [5.74, 6) is 4.55. The van der Waals surface area contributed by atoms with Gasteiger partial charge in [0.15, 0.2) is 0 Å². The lowest BCUT2D eigenvalue weighted by atomic mass is 9.87. The Bertz CT molecular complexity index is 402. The number of carboxylic acids is 1. The number of carbonyl (C=O) groups is 1. The lowest BCUT2D eigenvalue weighted by Gasteiger charge is -2.20. The van der Waals surface area contributed by atoms with Crippen molar-refractivity contribution in [1.82, 2.24) is 0 Å². The van der Waals surface area contributed by atoms with Crippen LogP contribution in [0.15, 0.2) is 12.1 Å². The van der Waals surface area contributed by atoms with Gasteiger partial charge in [-0.15, -0.1) is 0 Å². The number of hydrazine groups is 1. The number of fused-ring (bicyclic) bond motifs is 1. The van der Waals surface area contributed by atoms with E-state index < -0.39 is 5.97 Å². The van der Waals surface area contributed by atoms with Crippen molar-refractivity contribution < 1.29 is 9.90 Å². The fraction of sp³-hybridized carbons (Fsp3) is 0.364. The average Bonchev–Trinajstić information content (AvgIpc) is 2.27. The van der Waals surface area contributed by atoms with E-state index in [1.165, 1.54) is 0 Å². The molecule has 4 nitrogen and oxygen atoms in total. The molecule has 0 fully saturated rings. The minimum Gasteiger partial charge on any atom is -0.478 e. The molecule has 1 aromatic carbocycles. The van der Waals surface area contributed by atoms with Crippen LogP contribution in [-0.4, -0.2) is 11.1 Å². The first-order valence-electron chi connectivity index (χ1n) is 5.08. The van der Waals surface area contributed by atoms with Crippen LogP contribution < -0.4 is 11.3 Å². The molecule has 1 aliphatic carbocycles. The summed E-state index contributed by atoms with van der Waals surface area (Å²) in [7, 11) is 0. The summed E-state index contributed by atoms with van der Waals surface area (Å²) in [6.45, 7) is 0. The Kier molecular flexibility index (Phi) is 2.60. The van der Waals surface area contributed by atoms with Crippen LogP contribution in [0.4, 0.5) is 5.69 Å². The Morgan fingerprint density at radius 2 is 1.93 bits per heavy atom. The first-order chi connectivity index (χ1) is 7.24. The smallest absolute Gasteiger partial charge is 0.335 e. The number of nitrogens with two attached hydrogens (primary N) is 1. The molecule has 4 N–H and O–H groups in total. The van der Waals surface area contributed by atoms with Crippen LogP contribution in [0.25, 0.3) is 0 Å². The maximum Gasteiger partial charge on any atom is 0.335 e. The van der Waals surface area contributed by atoms with E-state index in [9.17, 15) is 4.79 Å². The first-order valence-corrected chi connectivity index (χ1v) is 5.08. The van der Waals surface area contributed by atoms with Crippen molar-refractivity contribution in [1.29, 1.82) is 0 Å². The lowest BCUT2D eigenvalue weighted by Crippen LogP contribution is -2.16. The summed E-state index contributed by atoms with van der Waals surface area (Å²) in [5, 5.41) is 9.05. The van der Waals surface area contributed by atoms with Gasteiger partial charge in [-0.05, 0) is 48.9 Å². The predicted octanol–water partition coefficient (Wildman–Crippen LogP) is 1.55. The molecular weight excluding hydrogens is 192 g/mol. The van der Waals surface area contributed by atoms with E-state index in [0.29, 0.717) is 5.56 Å². The highest BCUT2D eigenvalue weighted by atomic mass is 16.4. The van der Waals surface area contributed by atoms with Gasteiger partial charge in [0.25, 0.3) is 0 Å². The van der Waals surface area contributed by atoms with Crippen LogP contribution in [0.2, 0.25) is 0 Å². The fourth-order valence-corrected chi connectivity index (χ4v) is 2.20. The van der Waals surface area contributed by atoms with Gasteiger partial charge in [0.1, 0.15) is 0 Å². The summed E-state index contributed by atoms with van der Waals surface area (Å²) in [5.41, 5.74) is 5.93. The van der Waals surface area contributed by atoms with Crippen LogP contribution >= 0.6 is 0 Å². The first kappa shape index (κ1) is 9.98. The standard InChI is InChI=1S/C11H14N2O2/c12-13-10-6-5-9(11(14)15)7-3-1-2-4-8(7)10/h5-6,13H,1-4,12H2,(H,14,15). The number of rotatable bonds is 2. The molecule has 0 atom stereocenters. The van der Waals surface area contributed by atoms with Crippen molar-refractivity contribution >= 4 is 11.7 Å². The van der Waals surface area contributed by atoms with Crippen molar-refractivity contribution in [2.75, 3.05) is 5.43 Å². The van der Waals surface area contributed by atoms with Crippen molar-refractivity contribution in [3.05, 3.63) is 28.8 Å². The lowest BCUT2D eigenvalue weighted by molar-refractivity contribution is 0.0695. The molecule has 1 aliphatic rings. The van der Waals surface area contributed by atoms with E-state index in [0.717, 1.165) is 42.5 Å². The summed E-state index contributed by atoms with van der Waals surface area (Å²) < 4.78 is 0. The number of hydrogen-bond donors (Lipinski definition) is 3. The van der Waals surface area contributed by atoms with E-state index in [1.807, 2.05) is 0 Å². The Morgan fingerprint density at radius 1 is 1.27 bits per heavy atom. The minimum atomic E-state index is -0.850. The van der Waals surface area contributed by atoms with Crippen molar-refractivity contribution in [3.8, 4) is 0 Å². The van der Waals surface area contributed by atoms with Gasteiger partial charge in [-0.3, -0.25) is 5.84 Å². The monoisotopic (exact) mass is 206 g/mol. The van der Waals surface area contributed by atoms with E-state index in [4.69, 9.17) is 10.9 Å². The summed E-state index contributed by atoms with van der Waals surface area (Å²) in [6.07, 6.45) is 3.91. The molecule has 0 spiro atoms. The molecule has 2 rings (SSSR count). The van der Waals surface area contributed by atoms with Gasteiger partial charge in [-0.2, -0.15) is 0 Å². The topological polar surface area (TPSA) is 75.3 Å². The van der Waals surface area contributed by atoms with E-state index in [1.54, 1.807) is 12.1 Å². The van der Waals surface area contributed by atoms with Crippen molar-refractivity contribution in [2.24, 2.45) is 5.84 Å². The Labute approximate surface area is 88.1 Å². The number of nitrogen functional groups attached to an aromatic ring is 1. The highest BCUT2D eigenvalue weighted by molar-refractivity contribution is 5.91. The number of carboxylic acid groups (broad SMARTS) is 1. The molecule has 0 bridgehead atoms. The van der Waals surface area contributed by atoms with Crippen LogP contribution in [0.1, 0.15) is 34.3 Å². The normalized spacial score (nSPS) is 14.5. The van der Waals surface area contributed by atoms with Gasteiger partial charge in [0, 0.05) is 0 Å². The van der Waals surface area contributed by atoms with Gasteiger partial charge < -0.3 is 10.5 Å². The summed E-state index contributed by atoms with van der Waals surface area (Å²) in [4.78, 5) is 11.0. The molecule has 0 radical (unpaired) electrons.